The van der Waals surface area contributed by atoms with Crippen molar-refractivity contribution >= 4 is 68.1 Å². The minimum atomic E-state index is 1.14. The van der Waals surface area contributed by atoms with Crippen LogP contribution >= 0.6 is 0 Å². The van der Waals surface area contributed by atoms with E-state index in [1.807, 2.05) is 0 Å². The Morgan fingerprint density at radius 3 is 0.571 bits per heavy atom. The highest BCUT2D eigenvalue weighted by Gasteiger charge is 2.18. The molecule has 0 saturated heterocycles. The summed E-state index contributed by atoms with van der Waals surface area (Å²) in [4.78, 5) is 0. The maximum atomic E-state index is 2.30. The first-order valence-electron chi connectivity index (χ1n) is 24.1. The van der Waals surface area contributed by atoms with Crippen LogP contribution in [0, 0.1) is 0 Å². The molecule has 0 unspecified atom stereocenters. The van der Waals surface area contributed by atoms with Gasteiger partial charge in [0, 0.05) is 0 Å². The van der Waals surface area contributed by atoms with Crippen LogP contribution in [-0.2, 0) is 0 Å². The van der Waals surface area contributed by atoms with E-state index in [0.29, 0.717) is 0 Å². The van der Waals surface area contributed by atoms with Gasteiger partial charge in [-0.15, -0.1) is 0 Å². The summed E-state index contributed by atoms with van der Waals surface area (Å²) in [7, 11) is 0. The van der Waals surface area contributed by atoms with E-state index in [2.05, 4.69) is 303 Å². The summed E-state index contributed by atoms with van der Waals surface area (Å²) in [5, 5.41) is 4.89. The smallest absolute Gasteiger partial charge is 0.00268 e. The molecule has 0 spiro atoms. The molecule has 0 nitrogen and oxygen atoms in total. The zero-order valence-electron chi connectivity index (χ0n) is 38.9. The maximum absolute atomic E-state index is 2.30. The van der Waals surface area contributed by atoms with Gasteiger partial charge in [0.15, 0.2) is 0 Å². The zero-order valence-corrected chi connectivity index (χ0v) is 38.9. The van der Waals surface area contributed by atoms with Crippen molar-refractivity contribution in [2.75, 3.05) is 0 Å². The molecule has 0 heterocycles. The average molecular weight is 891 g/mol. The number of benzene rings is 11. The molecule has 0 bridgehead atoms. The van der Waals surface area contributed by atoms with Crippen LogP contribution in [0.25, 0.3) is 68.1 Å². The molecule has 0 aromatic heterocycles. The van der Waals surface area contributed by atoms with Crippen LogP contribution in [0.15, 0.2) is 279 Å². The van der Waals surface area contributed by atoms with Gasteiger partial charge in [0.05, 0.1) is 0 Å². The van der Waals surface area contributed by atoms with Gasteiger partial charge >= 0.3 is 0 Å². The molecular formula is C70H50. The van der Waals surface area contributed by atoms with Crippen molar-refractivity contribution in [1.82, 2.24) is 0 Å². The summed E-state index contributed by atoms with van der Waals surface area (Å²) in [6, 6.07) is 100. The first kappa shape index (κ1) is 43.5. The molecular weight excluding hydrogens is 841 g/mol. The van der Waals surface area contributed by atoms with Crippen molar-refractivity contribution in [3.05, 3.63) is 346 Å². The average Bonchev–Trinajstić information content (AvgIpc) is 3.44. The second-order valence-electron chi connectivity index (χ2n) is 17.5. The predicted octanol–water partition coefficient (Wildman–Crippen LogP) is 18.3. The third-order valence-corrected chi connectivity index (χ3v) is 13.2. The van der Waals surface area contributed by atoms with Gasteiger partial charge in [-0.25, -0.2) is 0 Å². The summed E-state index contributed by atoms with van der Waals surface area (Å²) in [5.74, 6) is 0. The quantitative estimate of drug-likeness (QED) is 0.0847. The Morgan fingerprint density at radius 2 is 0.357 bits per heavy atom. The lowest BCUT2D eigenvalue weighted by Gasteiger charge is -2.18. The summed E-state index contributed by atoms with van der Waals surface area (Å²) in [6.45, 7) is 0. The lowest BCUT2D eigenvalue weighted by molar-refractivity contribution is 1.50. The molecule has 0 radical (unpaired) electrons. The summed E-state index contributed by atoms with van der Waals surface area (Å²) in [6.07, 6.45) is 9.12. The van der Waals surface area contributed by atoms with Crippen molar-refractivity contribution < 1.29 is 0 Å². The minimum Gasteiger partial charge on any atom is -0.0622 e. The number of fused-ring (bicyclic) bond motifs is 2. The van der Waals surface area contributed by atoms with Crippen LogP contribution in [0.5, 0.6) is 0 Å². The van der Waals surface area contributed by atoms with E-state index < -0.39 is 0 Å². The van der Waals surface area contributed by atoms with Gasteiger partial charge in [-0.05, 0) is 111 Å². The molecule has 0 amide bonds. The van der Waals surface area contributed by atoms with Gasteiger partial charge in [-0.2, -0.15) is 0 Å². The minimum absolute atomic E-state index is 1.14. The lowest BCUT2D eigenvalue weighted by atomic mass is 9.85. The molecule has 11 aromatic rings. The third kappa shape index (κ3) is 9.15. The van der Waals surface area contributed by atoms with Gasteiger partial charge in [0.1, 0.15) is 0 Å². The fraction of sp³-hybridized carbons (Fsp3) is 0. The molecule has 0 N–H and O–H groups in total. The predicted molar refractivity (Wildman–Crippen MR) is 301 cm³/mol. The van der Waals surface area contributed by atoms with Gasteiger partial charge in [0.25, 0.3) is 0 Å². The Balaban J connectivity index is 0.952. The first-order valence-corrected chi connectivity index (χ1v) is 24.1. The highest BCUT2D eigenvalue weighted by molar-refractivity contribution is 6.14. The molecule has 330 valence electrons. The van der Waals surface area contributed by atoms with E-state index in [4.69, 9.17) is 0 Å². The molecule has 0 atom stereocenters. The Labute approximate surface area is 411 Å². The highest BCUT2D eigenvalue weighted by Crippen LogP contribution is 2.40. The molecule has 0 aliphatic rings. The van der Waals surface area contributed by atoms with Crippen LogP contribution in [0.3, 0.4) is 0 Å². The van der Waals surface area contributed by atoms with Crippen molar-refractivity contribution in [3.8, 4) is 0 Å². The molecule has 70 heavy (non-hydrogen) atoms. The largest absolute Gasteiger partial charge is 0.0622 e. The highest BCUT2D eigenvalue weighted by atomic mass is 14.2. The summed E-state index contributed by atoms with van der Waals surface area (Å²) in [5.41, 5.74) is 19.0. The monoisotopic (exact) mass is 890 g/mol. The lowest BCUT2D eigenvalue weighted by Crippen LogP contribution is -1.97. The normalized spacial score (nSPS) is 11.3. The van der Waals surface area contributed by atoms with Gasteiger partial charge in [-0.3, -0.25) is 0 Å². The Kier molecular flexibility index (Phi) is 12.7. The number of hydrogen-bond donors (Lipinski definition) is 0. The van der Waals surface area contributed by atoms with E-state index in [-0.39, 0.29) is 0 Å². The van der Waals surface area contributed by atoms with Crippen LogP contribution < -0.4 is 0 Å². The molecule has 0 aliphatic carbocycles. The Morgan fingerprint density at radius 1 is 0.171 bits per heavy atom. The Hall–Kier alpha value is -9.10. The number of hydrogen-bond acceptors (Lipinski definition) is 0. The molecule has 11 rings (SSSR count). The van der Waals surface area contributed by atoms with Crippen molar-refractivity contribution in [3.63, 3.8) is 0 Å². The van der Waals surface area contributed by atoms with Crippen LogP contribution in [-0.4, -0.2) is 0 Å². The van der Waals surface area contributed by atoms with Crippen LogP contribution in [0.2, 0.25) is 0 Å². The number of rotatable bonds is 12. The van der Waals surface area contributed by atoms with Crippen molar-refractivity contribution in [2.45, 2.75) is 0 Å². The molecule has 0 fully saturated rings. The first-order chi connectivity index (χ1) is 34.8. The fourth-order valence-electron chi connectivity index (χ4n) is 9.89. The van der Waals surface area contributed by atoms with Crippen molar-refractivity contribution in [2.24, 2.45) is 0 Å². The summed E-state index contributed by atoms with van der Waals surface area (Å²) < 4.78 is 0. The molecule has 0 heteroatoms. The third-order valence-electron chi connectivity index (χ3n) is 13.2. The second kappa shape index (κ2) is 20.4. The van der Waals surface area contributed by atoms with E-state index >= 15 is 0 Å². The zero-order chi connectivity index (χ0) is 46.9. The van der Waals surface area contributed by atoms with Crippen LogP contribution in [0.1, 0.15) is 66.8 Å². The maximum Gasteiger partial charge on any atom is -0.00268 e. The van der Waals surface area contributed by atoms with E-state index in [9.17, 15) is 0 Å². The van der Waals surface area contributed by atoms with Gasteiger partial charge < -0.3 is 0 Å². The van der Waals surface area contributed by atoms with E-state index in [1.54, 1.807) is 0 Å². The standard InChI is InChI=1S/C70H50/c1-7-23-53(24-8-1)67(54-25-9-2-10-26-54)69(57-31-15-5-16-32-57)59-45-39-51(40-46-59)43-49-65-61-35-19-21-37-63(61)66(64-38-22-20-36-62(64)65)50-44-52-41-47-60(48-42-52)70(58-33-17-6-18-34-58)68(55-27-11-3-12-28-55)56-29-13-4-14-30-56/h1-50H/b49-43+,50-44+. The molecule has 0 saturated carbocycles. The molecule has 0 aliphatic heterocycles. The van der Waals surface area contributed by atoms with Gasteiger partial charge in [0.2, 0.25) is 0 Å². The van der Waals surface area contributed by atoms with Gasteiger partial charge in [-0.1, -0.05) is 303 Å². The Bertz CT molecular complexity index is 3270. The van der Waals surface area contributed by atoms with Crippen LogP contribution in [0.4, 0.5) is 0 Å². The molecule has 11 aromatic carbocycles. The van der Waals surface area contributed by atoms with E-state index in [1.165, 1.54) is 99.5 Å². The van der Waals surface area contributed by atoms with E-state index in [0.717, 1.165) is 11.1 Å². The summed E-state index contributed by atoms with van der Waals surface area (Å²) >= 11 is 0. The topological polar surface area (TPSA) is 0 Å². The SMILES string of the molecule is C(=C\c1c2ccccc2c(/C=C/c2ccc(C(=C(c3ccccc3)c3ccccc3)c3ccccc3)cc2)c2ccccc12)/c1ccc(C(=C(c2ccccc2)c2ccccc2)c2ccccc2)cc1. The van der Waals surface area contributed by atoms with Crippen molar-refractivity contribution in [1.29, 1.82) is 0 Å². The second-order valence-corrected chi connectivity index (χ2v) is 17.5. The fourth-order valence-corrected chi connectivity index (χ4v) is 9.89.